The fourth-order valence-corrected chi connectivity index (χ4v) is 1.96. The second kappa shape index (κ2) is 5.70. The van der Waals surface area contributed by atoms with Crippen molar-refractivity contribution >= 4 is 17.9 Å². The Morgan fingerprint density at radius 2 is 2.06 bits per heavy atom. The minimum atomic E-state index is -1.05. The maximum atomic E-state index is 12.1. The number of hydrogen-bond acceptors (Lipinski definition) is 3. The van der Waals surface area contributed by atoms with E-state index in [-0.39, 0.29) is 31.1 Å². The summed E-state index contributed by atoms with van der Waals surface area (Å²) in [6.07, 6.45) is 0.542. The molecule has 0 bridgehead atoms. The number of amides is 3. The highest BCUT2D eigenvalue weighted by molar-refractivity contribution is 5.82. The van der Waals surface area contributed by atoms with Gasteiger partial charge in [-0.2, -0.15) is 0 Å². The van der Waals surface area contributed by atoms with Crippen LogP contribution in [-0.2, 0) is 9.59 Å². The van der Waals surface area contributed by atoms with Gasteiger partial charge in [0.1, 0.15) is 6.54 Å². The van der Waals surface area contributed by atoms with Gasteiger partial charge in [0.2, 0.25) is 5.91 Å². The number of likely N-dealkylation sites (tertiary alicyclic amines) is 1. The van der Waals surface area contributed by atoms with Crippen LogP contribution in [0.1, 0.15) is 20.3 Å². The molecule has 1 atom stereocenters. The molecular weight excluding hydrogens is 238 g/mol. The number of urea groups is 1. The molecule has 7 nitrogen and oxygen atoms in total. The zero-order valence-corrected chi connectivity index (χ0v) is 10.6. The fraction of sp³-hybridized carbons (Fsp3) is 0.727. The van der Waals surface area contributed by atoms with Crippen molar-refractivity contribution in [2.45, 2.75) is 26.3 Å². The van der Waals surface area contributed by atoms with Crippen molar-refractivity contribution in [3.63, 3.8) is 0 Å². The Hall–Kier alpha value is -1.79. The summed E-state index contributed by atoms with van der Waals surface area (Å²) < 4.78 is 0. The van der Waals surface area contributed by atoms with E-state index in [1.807, 2.05) is 0 Å². The minimum Gasteiger partial charge on any atom is -0.480 e. The van der Waals surface area contributed by atoms with Crippen LogP contribution in [0.5, 0.6) is 0 Å². The first kappa shape index (κ1) is 14.3. The second-order valence-electron chi connectivity index (χ2n) is 4.73. The molecule has 1 unspecified atom stereocenters. The summed E-state index contributed by atoms with van der Waals surface area (Å²) in [6.45, 7) is 3.88. The largest absolute Gasteiger partial charge is 0.480 e. The van der Waals surface area contributed by atoms with Crippen molar-refractivity contribution in [3.8, 4) is 0 Å². The molecule has 3 N–H and O–H groups in total. The number of rotatable bonds is 4. The number of primary amides is 1. The molecule has 3 amide bonds. The number of nitrogens with zero attached hydrogens (tertiary/aromatic N) is 2. The summed E-state index contributed by atoms with van der Waals surface area (Å²) in [5.74, 6) is -1.80. The zero-order chi connectivity index (χ0) is 13.9. The molecule has 0 aliphatic carbocycles. The first-order valence-corrected chi connectivity index (χ1v) is 5.89. The van der Waals surface area contributed by atoms with Crippen LogP contribution in [0.4, 0.5) is 4.79 Å². The quantitative estimate of drug-likeness (QED) is 0.722. The standard InChI is InChI=1S/C11H19N3O4/c1-7(2)14(6-9(15)16)11(18)13-4-3-8(5-13)10(12)17/h7-8H,3-6H2,1-2H3,(H2,12,17)(H,15,16). The highest BCUT2D eigenvalue weighted by atomic mass is 16.4. The number of carboxylic acids is 1. The lowest BCUT2D eigenvalue weighted by molar-refractivity contribution is -0.138. The van der Waals surface area contributed by atoms with E-state index in [9.17, 15) is 14.4 Å². The average molecular weight is 257 g/mol. The zero-order valence-electron chi connectivity index (χ0n) is 10.6. The summed E-state index contributed by atoms with van der Waals surface area (Å²) in [5, 5.41) is 8.78. The van der Waals surface area contributed by atoms with Gasteiger partial charge in [0.15, 0.2) is 0 Å². The predicted molar refractivity (Wildman–Crippen MR) is 63.7 cm³/mol. The highest BCUT2D eigenvalue weighted by Gasteiger charge is 2.33. The molecule has 0 spiro atoms. The van der Waals surface area contributed by atoms with Crippen molar-refractivity contribution in [2.24, 2.45) is 11.7 Å². The van der Waals surface area contributed by atoms with Crippen LogP contribution >= 0.6 is 0 Å². The lowest BCUT2D eigenvalue weighted by atomic mass is 10.1. The van der Waals surface area contributed by atoms with E-state index >= 15 is 0 Å². The molecule has 102 valence electrons. The Balaban J connectivity index is 2.67. The third-order valence-electron chi connectivity index (χ3n) is 3.04. The number of nitrogens with two attached hydrogens (primary N) is 1. The topological polar surface area (TPSA) is 104 Å². The molecule has 7 heteroatoms. The van der Waals surface area contributed by atoms with Crippen LogP contribution in [-0.4, -0.2) is 58.5 Å². The van der Waals surface area contributed by atoms with Crippen LogP contribution in [0.2, 0.25) is 0 Å². The van der Waals surface area contributed by atoms with E-state index in [0.717, 1.165) is 0 Å². The SMILES string of the molecule is CC(C)N(CC(=O)O)C(=O)N1CCC(C(N)=O)C1. The fourth-order valence-electron chi connectivity index (χ4n) is 1.96. The van der Waals surface area contributed by atoms with E-state index in [1.165, 1.54) is 9.80 Å². The van der Waals surface area contributed by atoms with Crippen LogP contribution in [0, 0.1) is 5.92 Å². The second-order valence-corrected chi connectivity index (χ2v) is 4.73. The molecule has 0 aromatic heterocycles. The Labute approximate surface area is 106 Å². The van der Waals surface area contributed by atoms with Gasteiger partial charge in [-0.3, -0.25) is 9.59 Å². The maximum Gasteiger partial charge on any atom is 0.323 e. The van der Waals surface area contributed by atoms with E-state index in [1.54, 1.807) is 13.8 Å². The van der Waals surface area contributed by atoms with Gasteiger partial charge in [0.25, 0.3) is 0 Å². The van der Waals surface area contributed by atoms with Crippen LogP contribution < -0.4 is 5.73 Å². The normalized spacial score (nSPS) is 19.1. The van der Waals surface area contributed by atoms with Crippen molar-refractivity contribution < 1.29 is 19.5 Å². The number of carboxylic acid groups (broad SMARTS) is 1. The van der Waals surface area contributed by atoms with Gasteiger partial charge in [-0.1, -0.05) is 0 Å². The Bertz CT molecular complexity index is 356. The third-order valence-corrected chi connectivity index (χ3v) is 3.04. The van der Waals surface area contributed by atoms with E-state index in [0.29, 0.717) is 13.0 Å². The molecule has 0 aromatic carbocycles. The van der Waals surface area contributed by atoms with Crippen molar-refractivity contribution in [1.29, 1.82) is 0 Å². The molecule has 1 aliphatic heterocycles. The van der Waals surface area contributed by atoms with Gasteiger partial charge in [0, 0.05) is 19.1 Å². The monoisotopic (exact) mass is 257 g/mol. The summed E-state index contributed by atoms with van der Waals surface area (Å²) in [6, 6.07) is -0.558. The molecule has 0 radical (unpaired) electrons. The van der Waals surface area contributed by atoms with Gasteiger partial charge >= 0.3 is 12.0 Å². The van der Waals surface area contributed by atoms with Crippen LogP contribution in [0.25, 0.3) is 0 Å². The highest BCUT2D eigenvalue weighted by Crippen LogP contribution is 2.18. The Morgan fingerprint density at radius 3 is 2.44 bits per heavy atom. The van der Waals surface area contributed by atoms with Gasteiger partial charge in [0.05, 0.1) is 5.92 Å². The maximum absolute atomic E-state index is 12.1. The molecule has 18 heavy (non-hydrogen) atoms. The van der Waals surface area contributed by atoms with Gasteiger partial charge in [-0.15, -0.1) is 0 Å². The van der Waals surface area contributed by atoms with E-state index in [4.69, 9.17) is 10.8 Å². The lowest BCUT2D eigenvalue weighted by Gasteiger charge is -2.29. The summed E-state index contributed by atoms with van der Waals surface area (Å²) in [7, 11) is 0. The minimum absolute atomic E-state index is 0.207. The van der Waals surface area contributed by atoms with Gasteiger partial charge in [-0.25, -0.2) is 4.79 Å². The van der Waals surface area contributed by atoms with E-state index in [2.05, 4.69) is 0 Å². The summed E-state index contributed by atoms with van der Waals surface area (Å²) in [4.78, 5) is 36.6. The Morgan fingerprint density at radius 1 is 1.44 bits per heavy atom. The molecule has 1 heterocycles. The Kier molecular flexibility index (Phi) is 4.52. The van der Waals surface area contributed by atoms with Gasteiger partial charge in [-0.05, 0) is 20.3 Å². The molecule has 0 saturated carbocycles. The molecule has 1 aliphatic rings. The number of aliphatic carboxylic acids is 1. The predicted octanol–water partition coefficient (Wildman–Crippen LogP) is -0.291. The van der Waals surface area contributed by atoms with Crippen molar-refractivity contribution in [3.05, 3.63) is 0 Å². The van der Waals surface area contributed by atoms with Crippen molar-refractivity contribution in [2.75, 3.05) is 19.6 Å². The summed E-state index contributed by atoms with van der Waals surface area (Å²) in [5.41, 5.74) is 5.19. The number of carbonyl (C=O) groups excluding carboxylic acids is 2. The first-order valence-electron chi connectivity index (χ1n) is 5.89. The average Bonchev–Trinajstić information content (AvgIpc) is 2.73. The number of hydrogen-bond donors (Lipinski definition) is 2. The number of carbonyl (C=O) groups is 3. The van der Waals surface area contributed by atoms with E-state index < -0.39 is 11.9 Å². The van der Waals surface area contributed by atoms with Crippen LogP contribution in [0.15, 0.2) is 0 Å². The molecule has 1 saturated heterocycles. The van der Waals surface area contributed by atoms with Crippen molar-refractivity contribution in [1.82, 2.24) is 9.80 Å². The van der Waals surface area contributed by atoms with Crippen LogP contribution in [0.3, 0.4) is 0 Å². The lowest BCUT2D eigenvalue weighted by Crippen LogP contribution is -2.48. The van der Waals surface area contributed by atoms with Gasteiger partial charge < -0.3 is 20.6 Å². The smallest absolute Gasteiger partial charge is 0.323 e. The molecular formula is C11H19N3O4. The molecule has 1 fully saturated rings. The summed E-state index contributed by atoms with van der Waals surface area (Å²) >= 11 is 0. The third kappa shape index (κ3) is 3.35. The molecule has 0 aromatic rings. The molecule has 1 rings (SSSR count). The first-order chi connectivity index (χ1) is 8.32.